The van der Waals surface area contributed by atoms with Crippen LogP contribution in [-0.2, 0) is 0 Å². The third-order valence-electron chi connectivity index (χ3n) is 4.22. The molecule has 2 nitrogen and oxygen atoms in total. The lowest BCUT2D eigenvalue weighted by atomic mass is 9.88. The highest BCUT2D eigenvalue weighted by Crippen LogP contribution is 2.41. The highest BCUT2D eigenvalue weighted by Gasteiger charge is 2.28. The predicted octanol–water partition coefficient (Wildman–Crippen LogP) is 4.48. The highest BCUT2D eigenvalue weighted by atomic mass is 35.5. The first-order chi connectivity index (χ1) is 9.61. The van der Waals surface area contributed by atoms with Gasteiger partial charge in [0.1, 0.15) is 5.75 Å². The van der Waals surface area contributed by atoms with Crippen molar-refractivity contribution in [1.82, 2.24) is 5.32 Å². The van der Waals surface area contributed by atoms with Crippen molar-refractivity contribution < 1.29 is 4.74 Å². The van der Waals surface area contributed by atoms with E-state index >= 15 is 0 Å². The Labute approximate surface area is 127 Å². The molecular formula is C17H26ClNO. The maximum Gasteiger partial charge on any atom is 0.137 e. The Bertz CT molecular complexity index is 433. The molecule has 1 N–H and O–H groups in total. The van der Waals surface area contributed by atoms with Gasteiger partial charge in [-0.05, 0) is 61.4 Å². The number of rotatable bonds is 6. The smallest absolute Gasteiger partial charge is 0.137 e. The van der Waals surface area contributed by atoms with Crippen molar-refractivity contribution in [2.24, 2.45) is 11.8 Å². The summed E-state index contributed by atoms with van der Waals surface area (Å²) in [6.45, 7) is 6.73. The van der Waals surface area contributed by atoms with Crippen molar-refractivity contribution in [3.05, 3.63) is 28.8 Å². The Morgan fingerprint density at radius 1 is 1.35 bits per heavy atom. The fourth-order valence-corrected chi connectivity index (χ4v) is 3.38. The largest absolute Gasteiger partial charge is 0.495 e. The zero-order chi connectivity index (χ0) is 14.5. The van der Waals surface area contributed by atoms with Crippen LogP contribution < -0.4 is 10.1 Å². The maximum absolute atomic E-state index is 6.12. The molecule has 1 aromatic carbocycles. The second-order valence-electron chi connectivity index (χ2n) is 6.24. The second-order valence-corrected chi connectivity index (χ2v) is 6.65. The molecule has 0 aromatic heterocycles. The molecular weight excluding hydrogens is 270 g/mol. The Morgan fingerprint density at radius 2 is 2.15 bits per heavy atom. The van der Waals surface area contributed by atoms with Crippen LogP contribution in [0.15, 0.2) is 18.2 Å². The molecule has 0 spiro atoms. The first-order valence-electron chi connectivity index (χ1n) is 7.66. The molecule has 0 aliphatic heterocycles. The van der Waals surface area contributed by atoms with Crippen molar-refractivity contribution in [3.8, 4) is 5.75 Å². The van der Waals surface area contributed by atoms with Crippen LogP contribution in [0, 0.1) is 11.8 Å². The van der Waals surface area contributed by atoms with E-state index in [-0.39, 0.29) is 0 Å². The zero-order valence-corrected chi connectivity index (χ0v) is 13.5. The first-order valence-corrected chi connectivity index (χ1v) is 8.03. The van der Waals surface area contributed by atoms with Crippen molar-refractivity contribution in [2.45, 2.75) is 39.0 Å². The molecule has 1 aromatic rings. The topological polar surface area (TPSA) is 21.3 Å². The van der Waals surface area contributed by atoms with Gasteiger partial charge in [0.2, 0.25) is 0 Å². The lowest BCUT2D eigenvalue weighted by Gasteiger charge is -2.22. The molecule has 1 fully saturated rings. The number of hydrogen-bond donors (Lipinski definition) is 1. The third kappa shape index (κ3) is 3.89. The third-order valence-corrected chi connectivity index (χ3v) is 4.53. The summed E-state index contributed by atoms with van der Waals surface area (Å²) in [6.07, 6.45) is 3.92. The summed E-state index contributed by atoms with van der Waals surface area (Å²) in [4.78, 5) is 0. The number of nitrogens with one attached hydrogen (secondary N) is 1. The van der Waals surface area contributed by atoms with Gasteiger partial charge in [-0.1, -0.05) is 37.9 Å². The summed E-state index contributed by atoms with van der Waals surface area (Å²) in [5.74, 6) is 2.89. The van der Waals surface area contributed by atoms with Gasteiger partial charge in [0.25, 0.3) is 0 Å². The van der Waals surface area contributed by atoms with E-state index in [0.29, 0.717) is 16.9 Å². The van der Waals surface area contributed by atoms with Crippen LogP contribution in [0.25, 0.3) is 0 Å². The average molecular weight is 296 g/mol. The van der Waals surface area contributed by atoms with E-state index in [4.69, 9.17) is 16.3 Å². The second kappa shape index (κ2) is 7.33. The van der Waals surface area contributed by atoms with Gasteiger partial charge < -0.3 is 10.1 Å². The van der Waals surface area contributed by atoms with Gasteiger partial charge in [0.15, 0.2) is 0 Å². The van der Waals surface area contributed by atoms with Gasteiger partial charge in [-0.3, -0.25) is 0 Å². The molecule has 2 unspecified atom stereocenters. The zero-order valence-electron chi connectivity index (χ0n) is 12.8. The molecule has 2 atom stereocenters. The SMILES string of the molecule is COc1cc(C2CCCC2CNCC(C)C)ccc1Cl. The van der Waals surface area contributed by atoms with E-state index in [1.807, 2.05) is 6.07 Å². The van der Waals surface area contributed by atoms with Gasteiger partial charge in [-0.2, -0.15) is 0 Å². The van der Waals surface area contributed by atoms with Crippen LogP contribution in [0.5, 0.6) is 5.75 Å². The van der Waals surface area contributed by atoms with E-state index in [1.165, 1.54) is 24.8 Å². The molecule has 20 heavy (non-hydrogen) atoms. The molecule has 0 saturated heterocycles. The molecule has 1 aliphatic carbocycles. The van der Waals surface area contributed by atoms with Crippen LogP contribution in [0.4, 0.5) is 0 Å². The molecule has 1 aliphatic rings. The quantitative estimate of drug-likeness (QED) is 0.835. The molecule has 0 radical (unpaired) electrons. The summed E-state index contributed by atoms with van der Waals surface area (Å²) in [5.41, 5.74) is 1.38. The average Bonchev–Trinajstić information content (AvgIpc) is 2.87. The van der Waals surface area contributed by atoms with Crippen LogP contribution in [0.3, 0.4) is 0 Å². The number of ether oxygens (including phenoxy) is 1. The minimum absolute atomic E-state index is 0.640. The first kappa shape index (κ1) is 15.7. The number of halogens is 1. The van der Waals surface area contributed by atoms with Crippen LogP contribution in [0.1, 0.15) is 44.6 Å². The Hall–Kier alpha value is -0.730. The summed E-state index contributed by atoms with van der Waals surface area (Å²) in [6, 6.07) is 6.25. The molecule has 2 rings (SSSR count). The van der Waals surface area contributed by atoms with Gasteiger partial charge in [0.05, 0.1) is 12.1 Å². The maximum atomic E-state index is 6.12. The lowest BCUT2D eigenvalue weighted by Crippen LogP contribution is -2.27. The Kier molecular flexibility index (Phi) is 5.74. The molecule has 3 heteroatoms. The fraction of sp³-hybridized carbons (Fsp3) is 0.647. The van der Waals surface area contributed by atoms with E-state index < -0.39 is 0 Å². The fourth-order valence-electron chi connectivity index (χ4n) is 3.18. The minimum Gasteiger partial charge on any atom is -0.495 e. The summed E-state index contributed by atoms with van der Waals surface area (Å²) < 4.78 is 5.35. The molecule has 1 saturated carbocycles. The monoisotopic (exact) mass is 295 g/mol. The van der Waals surface area contributed by atoms with Crippen LogP contribution >= 0.6 is 11.6 Å². The summed E-state index contributed by atoms with van der Waals surface area (Å²) in [5, 5.41) is 4.31. The Morgan fingerprint density at radius 3 is 2.85 bits per heavy atom. The normalized spacial score (nSPS) is 22.4. The number of benzene rings is 1. The predicted molar refractivity (Wildman–Crippen MR) is 85.8 cm³/mol. The minimum atomic E-state index is 0.640. The molecule has 0 amide bonds. The van der Waals surface area contributed by atoms with Crippen molar-refractivity contribution in [1.29, 1.82) is 0 Å². The van der Waals surface area contributed by atoms with Gasteiger partial charge >= 0.3 is 0 Å². The highest BCUT2D eigenvalue weighted by molar-refractivity contribution is 6.32. The van der Waals surface area contributed by atoms with Crippen molar-refractivity contribution in [3.63, 3.8) is 0 Å². The molecule has 112 valence electrons. The van der Waals surface area contributed by atoms with E-state index in [0.717, 1.165) is 24.8 Å². The van der Waals surface area contributed by atoms with Crippen LogP contribution in [0.2, 0.25) is 5.02 Å². The van der Waals surface area contributed by atoms with E-state index in [2.05, 4.69) is 31.3 Å². The van der Waals surface area contributed by atoms with Crippen molar-refractivity contribution >= 4 is 11.6 Å². The summed E-state index contributed by atoms with van der Waals surface area (Å²) in [7, 11) is 1.68. The lowest BCUT2D eigenvalue weighted by molar-refractivity contribution is 0.408. The molecule has 0 heterocycles. The van der Waals surface area contributed by atoms with Gasteiger partial charge in [-0.25, -0.2) is 0 Å². The Balaban J connectivity index is 2.02. The number of methoxy groups -OCH3 is 1. The number of hydrogen-bond acceptors (Lipinski definition) is 2. The standard InChI is InChI=1S/C17H26ClNO/c1-12(2)10-19-11-14-5-4-6-15(14)13-7-8-16(18)17(9-13)20-3/h7-9,12,14-15,19H,4-6,10-11H2,1-3H3. The van der Waals surface area contributed by atoms with Gasteiger partial charge in [-0.15, -0.1) is 0 Å². The van der Waals surface area contributed by atoms with Crippen molar-refractivity contribution in [2.75, 3.05) is 20.2 Å². The van der Waals surface area contributed by atoms with E-state index in [9.17, 15) is 0 Å². The molecule has 0 bridgehead atoms. The van der Waals surface area contributed by atoms with Gasteiger partial charge in [0, 0.05) is 0 Å². The van der Waals surface area contributed by atoms with Crippen LogP contribution in [-0.4, -0.2) is 20.2 Å². The summed E-state index contributed by atoms with van der Waals surface area (Å²) >= 11 is 6.12. The van der Waals surface area contributed by atoms with E-state index in [1.54, 1.807) is 7.11 Å².